The molecule has 0 saturated heterocycles. The van der Waals surface area contributed by atoms with Crippen LogP contribution in [-0.4, -0.2) is 32.2 Å². The van der Waals surface area contributed by atoms with Crippen LogP contribution in [0.25, 0.3) is 0 Å². The predicted octanol–water partition coefficient (Wildman–Crippen LogP) is 2.93. The molecule has 0 heterocycles. The van der Waals surface area contributed by atoms with Gasteiger partial charge in [-0.05, 0) is 25.2 Å². The zero-order valence-electron chi connectivity index (χ0n) is 10.7. The molecule has 0 bridgehead atoms. The first-order chi connectivity index (χ1) is 6.29. The first-order valence-corrected chi connectivity index (χ1v) is 5.77. The van der Waals surface area contributed by atoms with E-state index in [9.17, 15) is 0 Å². The molecule has 0 fully saturated rings. The van der Waals surface area contributed by atoms with Crippen LogP contribution in [0.2, 0.25) is 0 Å². The van der Waals surface area contributed by atoms with Crippen molar-refractivity contribution in [3.05, 3.63) is 11.6 Å². The van der Waals surface area contributed by atoms with Crippen molar-refractivity contribution in [2.24, 2.45) is 17.8 Å². The minimum Gasteiger partial charge on any atom is -0.331 e. The third-order valence-corrected chi connectivity index (χ3v) is 3.36. The number of hydrogen-bond acceptors (Lipinski definition) is 0. The van der Waals surface area contributed by atoms with Crippen LogP contribution in [0.5, 0.6) is 0 Å². The highest BCUT2D eigenvalue weighted by Crippen LogP contribution is 2.34. The van der Waals surface area contributed by atoms with Gasteiger partial charge in [-0.2, -0.15) is 0 Å². The van der Waals surface area contributed by atoms with Crippen molar-refractivity contribution in [3.63, 3.8) is 0 Å². The molecule has 1 nitrogen and oxygen atoms in total. The van der Waals surface area contributed by atoms with E-state index in [1.807, 2.05) is 0 Å². The summed E-state index contributed by atoms with van der Waals surface area (Å²) in [7, 11) is 6.89. The Labute approximate surface area is 89.4 Å². The topological polar surface area (TPSA) is 0 Å². The van der Waals surface area contributed by atoms with E-state index >= 15 is 0 Å². The maximum absolute atomic E-state index is 2.47. The third kappa shape index (κ3) is 3.13. The lowest BCUT2D eigenvalue weighted by atomic mass is 9.74. The lowest BCUT2D eigenvalue weighted by molar-refractivity contribution is -0.874. The van der Waals surface area contributed by atoms with Gasteiger partial charge >= 0.3 is 0 Å². The Morgan fingerprint density at radius 3 is 2.29 bits per heavy atom. The highest BCUT2D eigenvalue weighted by molar-refractivity contribution is 5.08. The summed E-state index contributed by atoms with van der Waals surface area (Å²) in [5.41, 5.74) is 1.59. The van der Waals surface area contributed by atoms with E-state index in [1.165, 1.54) is 13.0 Å². The summed E-state index contributed by atoms with van der Waals surface area (Å²) in [5, 5.41) is 0. The van der Waals surface area contributed by atoms with Crippen LogP contribution in [-0.2, 0) is 0 Å². The van der Waals surface area contributed by atoms with Gasteiger partial charge in [-0.15, -0.1) is 0 Å². The van der Waals surface area contributed by atoms with Crippen LogP contribution in [0.15, 0.2) is 11.6 Å². The van der Waals surface area contributed by atoms with Gasteiger partial charge in [-0.25, -0.2) is 0 Å². The minimum atomic E-state index is 0.760. The number of quaternary nitrogens is 1. The molecule has 1 rings (SSSR count). The summed E-state index contributed by atoms with van der Waals surface area (Å²) in [6.07, 6.45) is 3.77. The molecule has 0 radical (unpaired) electrons. The molecule has 0 aromatic heterocycles. The third-order valence-electron chi connectivity index (χ3n) is 3.36. The fraction of sp³-hybridized carbons (Fsp3) is 0.846. The molecule has 0 unspecified atom stereocenters. The molecule has 0 saturated carbocycles. The number of nitrogens with zero attached hydrogens (tertiary/aromatic N) is 1. The predicted molar refractivity (Wildman–Crippen MR) is 63.1 cm³/mol. The summed E-state index contributed by atoms with van der Waals surface area (Å²) >= 11 is 0. The number of hydrogen-bond donors (Lipinski definition) is 0. The average Bonchev–Trinajstić information content (AvgIpc) is 1.95. The molecule has 0 aliphatic heterocycles. The van der Waals surface area contributed by atoms with Gasteiger partial charge in [0.25, 0.3) is 0 Å². The second-order valence-corrected chi connectivity index (χ2v) is 6.19. The van der Waals surface area contributed by atoms with Crippen molar-refractivity contribution in [3.8, 4) is 0 Å². The van der Waals surface area contributed by atoms with Crippen molar-refractivity contribution < 1.29 is 4.48 Å². The molecule has 1 aliphatic rings. The lowest BCUT2D eigenvalue weighted by Crippen LogP contribution is -2.43. The second-order valence-electron chi connectivity index (χ2n) is 6.19. The SMILES string of the molecule is CC1=C[C@@H](C)[C@H](C[N+](C)(C)C)[C@H](C)C1. The van der Waals surface area contributed by atoms with Crippen molar-refractivity contribution >= 4 is 0 Å². The van der Waals surface area contributed by atoms with E-state index in [2.05, 4.69) is 48.0 Å². The summed E-state index contributed by atoms with van der Waals surface area (Å²) < 4.78 is 1.09. The highest BCUT2D eigenvalue weighted by atomic mass is 15.3. The fourth-order valence-electron chi connectivity index (χ4n) is 2.80. The first-order valence-electron chi connectivity index (χ1n) is 5.77. The van der Waals surface area contributed by atoms with E-state index in [4.69, 9.17) is 0 Å². The standard InChI is InChI=1S/C13H26N/c1-10-7-11(2)13(12(3)8-10)9-14(4,5)6/h7,11-13H,8-9H2,1-6H3/q+1/t11-,12-,13+/m1/s1. The Kier molecular flexibility index (Phi) is 3.41. The Bertz CT molecular complexity index is 222. The first kappa shape index (κ1) is 11.8. The molecule has 0 aromatic rings. The Morgan fingerprint density at radius 2 is 1.86 bits per heavy atom. The van der Waals surface area contributed by atoms with Gasteiger partial charge in [0.15, 0.2) is 0 Å². The molecule has 0 N–H and O–H groups in total. The molecular weight excluding hydrogens is 170 g/mol. The van der Waals surface area contributed by atoms with Gasteiger partial charge in [-0.1, -0.05) is 25.5 Å². The van der Waals surface area contributed by atoms with Crippen LogP contribution in [0.4, 0.5) is 0 Å². The lowest BCUT2D eigenvalue weighted by Gasteiger charge is -2.37. The maximum Gasteiger partial charge on any atom is 0.0817 e. The smallest absolute Gasteiger partial charge is 0.0817 e. The van der Waals surface area contributed by atoms with Crippen molar-refractivity contribution in [2.75, 3.05) is 27.7 Å². The van der Waals surface area contributed by atoms with Crippen LogP contribution in [0.3, 0.4) is 0 Å². The van der Waals surface area contributed by atoms with Gasteiger partial charge in [0.05, 0.1) is 27.7 Å². The average molecular weight is 196 g/mol. The second kappa shape index (κ2) is 4.06. The van der Waals surface area contributed by atoms with Crippen LogP contribution >= 0.6 is 0 Å². The van der Waals surface area contributed by atoms with Gasteiger partial charge in [0.2, 0.25) is 0 Å². The molecule has 1 heteroatoms. The highest BCUT2D eigenvalue weighted by Gasteiger charge is 2.30. The number of allylic oxidation sites excluding steroid dienone is 2. The van der Waals surface area contributed by atoms with Gasteiger partial charge in [0.1, 0.15) is 0 Å². The Balaban J connectivity index is 2.69. The van der Waals surface area contributed by atoms with Crippen LogP contribution in [0.1, 0.15) is 27.2 Å². The zero-order chi connectivity index (χ0) is 10.9. The van der Waals surface area contributed by atoms with Gasteiger partial charge in [-0.3, -0.25) is 0 Å². The van der Waals surface area contributed by atoms with Crippen molar-refractivity contribution in [1.82, 2.24) is 0 Å². The summed E-state index contributed by atoms with van der Waals surface area (Å²) in [5.74, 6) is 2.47. The van der Waals surface area contributed by atoms with Crippen molar-refractivity contribution in [2.45, 2.75) is 27.2 Å². The monoisotopic (exact) mass is 196 g/mol. The van der Waals surface area contributed by atoms with E-state index in [0.29, 0.717) is 0 Å². The molecule has 82 valence electrons. The summed E-state index contributed by atoms with van der Waals surface area (Å²) in [6.45, 7) is 8.36. The van der Waals surface area contributed by atoms with E-state index in [-0.39, 0.29) is 0 Å². The molecular formula is C13H26N+. The molecule has 1 aliphatic carbocycles. The molecule has 14 heavy (non-hydrogen) atoms. The normalized spacial score (nSPS) is 34.1. The summed E-state index contributed by atoms with van der Waals surface area (Å²) in [4.78, 5) is 0. The molecule has 3 atom stereocenters. The van der Waals surface area contributed by atoms with Crippen LogP contribution < -0.4 is 0 Å². The molecule has 0 spiro atoms. The maximum atomic E-state index is 2.47. The molecule has 0 aromatic carbocycles. The summed E-state index contributed by atoms with van der Waals surface area (Å²) in [6, 6.07) is 0. The Hall–Kier alpha value is -0.300. The van der Waals surface area contributed by atoms with Crippen LogP contribution in [0, 0.1) is 17.8 Å². The quantitative estimate of drug-likeness (QED) is 0.470. The van der Waals surface area contributed by atoms with Gasteiger partial charge < -0.3 is 4.48 Å². The Morgan fingerprint density at radius 1 is 1.29 bits per heavy atom. The zero-order valence-corrected chi connectivity index (χ0v) is 10.7. The minimum absolute atomic E-state index is 0.760. The van der Waals surface area contributed by atoms with E-state index in [0.717, 1.165) is 22.2 Å². The van der Waals surface area contributed by atoms with Crippen molar-refractivity contribution in [1.29, 1.82) is 0 Å². The van der Waals surface area contributed by atoms with E-state index in [1.54, 1.807) is 5.57 Å². The number of rotatable bonds is 2. The molecule has 0 amide bonds. The van der Waals surface area contributed by atoms with Gasteiger partial charge in [0, 0.05) is 5.92 Å². The van der Waals surface area contributed by atoms with E-state index < -0.39 is 0 Å². The fourth-order valence-corrected chi connectivity index (χ4v) is 2.80. The largest absolute Gasteiger partial charge is 0.331 e.